The Balaban J connectivity index is 2.06. The molecule has 2 heterocycles. The zero-order chi connectivity index (χ0) is 12.0. The molecule has 0 spiro atoms. The number of likely N-dealkylation sites (tertiary alicyclic amines) is 1. The number of likely N-dealkylation sites (N-methyl/N-ethyl adjacent to an activating group) is 1. The van der Waals surface area contributed by atoms with Gasteiger partial charge >= 0.3 is 0 Å². The third kappa shape index (κ3) is 1.98. The van der Waals surface area contributed by atoms with E-state index in [1.165, 1.54) is 0 Å². The van der Waals surface area contributed by atoms with E-state index < -0.39 is 5.66 Å². The fourth-order valence-electron chi connectivity index (χ4n) is 2.06. The van der Waals surface area contributed by atoms with Gasteiger partial charge in [0.15, 0.2) is 5.96 Å². The summed E-state index contributed by atoms with van der Waals surface area (Å²) in [5.74, 6) is 1.32. The second-order valence-corrected chi connectivity index (χ2v) is 5.04. The second kappa shape index (κ2) is 3.36. The Morgan fingerprint density at radius 2 is 2.12 bits per heavy atom. The fraction of sp³-hybridized carbons (Fsp3) is 0.700. The summed E-state index contributed by atoms with van der Waals surface area (Å²) >= 11 is 0. The van der Waals surface area contributed by atoms with Crippen molar-refractivity contribution in [1.29, 1.82) is 0 Å². The maximum Gasteiger partial charge on any atom is 0.196 e. The number of aliphatic imine (C=N–C) groups is 1. The van der Waals surface area contributed by atoms with Gasteiger partial charge in [0.05, 0.1) is 5.54 Å². The van der Waals surface area contributed by atoms with Crippen molar-refractivity contribution in [3.05, 3.63) is 11.9 Å². The molecule has 0 amide bonds. The van der Waals surface area contributed by atoms with Crippen LogP contribution in [0.15, 0.2) is 16.9 Å². The number of rotatable bonds is 2. The minimum Gasteiger partial charge on any atom is -0.370 e. The SMILES string of the molecule is CNC1(C)CN(C2=CC(C)(N)N=C(N)N2)C1. The summed E-state index contributed by atoms with van der Waals surface area (Å²) in [5, 5.41) is 6.33. The average Bonchev–Trinajstić information content (AvgIpc) is 2.09. The van der Waals surface area contributed by atoms with Gasteiger partial charge in [-0.1, -0.05) is 0 Å². The Morgan fingerprint density at radius 3 is 2.62 bits per heavy atom. The van der Waals surface area contributed by atoms with Crippen LogP contribution in [0.3, 0.4) is 0 Å². The van der Waals surface area contributed by atoms with Crippen molar-refractivity contribution in [2.75, 3.05) is 20.1 Å². The molecule has 2 aliphatic rings. The van der Waals surface area contributed by atoms with E-state index in [0.29, 0.717) is 5.96 Å². The van der Waals surface area contributed by atoms with E-state index >= 15 is 0 Å². The number of nitrogens with one attached hydrogen (secondary N) is 2. The summed E-state index contributed by atoms with van der Waals surface area (Å²) in [7, 11) is 1.98. The van der Waals surface area contributed by atoms with Crippen LogP contribution >= 0.6 is 0 Å². The standard InChI is InChI=1S/C10H20N6/c1-9(13-3)5-16(6-9)7-4-10(2,12)15-8(11)14-7/h4,13H,5-6,12H2,1-3H3,(H3,11,14,15). The van der Waals surface area contributed by atoms with Crippen LogP contribution in [0.25, 0.3) is 0 Å². The summed E-state index contributed by atoms with van der Waals surface area (Å²) in [6.07, 6.45) is 1.90. The average molecular weight is 224 g/mol. The number of guanidine groups is 1. The molecule has 1 fully saturated rings. The first kappa shape index (κ1) is 11.2. The van der Waals surface area contributed by atoms with Crippen molar-refractivity contribution >= 4 is 5.96 Å². The molecule has 16 heavy (non-hydrogen) atoms. The third-order valence-corrected chi connectivity index (χ3v) is 3.07. The molecule has 0 bridgehead atoms. The van der Waals surface area contributed by atoms with Crippen LogP contribution in [0.4, 0.5) is 0 Å². The smallest absolute Gasteiger partial charge is 0.196 e. The quantitative estimate of drug-likeness (QED) is 0.469. The first-order valence-corrected chi connectivity index (χ1v) is 5.42. The summed E-state index contributed by atoms with van der Waals surface area (Å²) in [6, 6.07) is 0. The van der Waals surface area contributed by atoms with Crippen LogP contribution in [-0.4, -0.2) is 42.2 Å². The molecule has 6 heteroatoms. The number of hydrogen-bond donors (Lipinski definition) is 4. The van der Waals surface area contributed by atoms with Crippen molar-refractivity contribution in [2.24, 2.45) is 16.5 Å². The normalized spacial score (nSPS) is 32.4. The zero-order valence-electron chi connectivity index (χ0n) is 10.0. The van der Waals surface area contributed by atoms with E-state index in [0.717, 1.165) is 18.9 Å². The predicted octanol–water partition coefficient (Wildman–Crippen LogP) is -1.29. The van der Waals surface area contributed by atoms with Gasteiger partial charge in [0.25, 0.3) is 0 Å². The molecule has 0 aliphatic carbocycles. The number of hydrogen-bond acceptors (Lipinski definition) is 6. The molecule has 90 valence electrons. The Kier molecular flexibility index (Phi) is 2.36. The van der Waals surface area contributed by atoms with Crippen molar-refractivity contribution in [2.45, 2.75) is 25.0 Å². The Labute approximate surface area is 95.8 Å². The minimum absolute atomic E-state index is 0.177. The molecule has 6 N–H and O–H groups in total. The van der Waals surface area contributed by atoms with E-state index in [2.05, 4.69) is 27.4 Å². The Morgan fingerprint density at radius 1 is 1.50 bits per heavy atom. The summed E-state index contributed by atoms with van der Waals surface area (Å²) in [6.45, 7) is 5.89. The molecule has 0 aromatic heterocycles. The van der Waals surface area contributed by atoms with Gasteiger partial charge in [0.1, 0.15) is 11.5 Å². The van der Waals surface area contributed by atoms with Crippen LogP contribution in [-0.2, 0) is 0 Å². The minimum atomic E-state index is -0.712. The lowest BCUT2D eigenvalue weighted by Gasteiger charge is -2.50. The van der Waals surface area contributed by atoms with Gasteiger partial charge in [-0.15, -0.1) is 0 Å². The van der Waals surface area contributed by atoms with Gasteiger partial charge in [-0.3, -0.25) is 0 Å². The molecular weight excluding hydrogens is 204 g/mol. The zero-order valence-corrected chi connectivity index (χ0v) is 10.0. The van der Waals surface area contributed by atoms with Gasteiger partial charge in [-0.2, -0.15) is 0 Å². The van der Waals surface area contributed by atoms with Gasteiger partial charge in [-0.25, -0.2) is 4.99 Å². The lowest BCUT2D eigenvalue weighted by Crippen LogP contribution is -2.68. The summed E-state index contributed by atoms with van der Waals surface area (Å²) in [5.41, 5.74) is 11.1. The van der Waals surface area contributed by atoms with E-state index in [-0.39, 0.29) is 5.54 Å². The van der Waals surface area contributed by atoms with Gasteiger partial charge in [0, 0.05) is 13.1 Å². The van der Waals surface area contributed by atoms with E-state index in [4.69, 9.17) is 11.5 Å². The van der Waals surface area contributed by atoms with Gasteiger partial charge in [0.2, 0.25) is 0 Å². The van der Waals surface area contributed by atoms with Crippen molar-refractivity contribution in [3.63, 3.8) is 0 Å². The Hall–Kier alpha value is -1.27. The molecule has 1 atom stereocenters. The third-order valence-electron chi connectivity index (χ3n) is 3.07. The Bertz CT molecular complexity index is 350. The van der Waals surface area contributed by atoms with Crippen molar-refractivity contribution in [3.8, 4) is 0 Å². The highest BCUT2D eigenvalue weighted by Crippen LogP contribution is 2.25. The largest absolute Gasteiger partial charge is 0.370 e. The highest BCUT2D eigenvalue weighted by Gasteiger charge is 2.39. The maximum absolute atomic E-state index is 5.95. The molecule has 1 saturated heterocycles. The lowest BCUT2D eigenvalue weighted by molar-refractivity contribution is 0.0885. The monoisotopic (exact) mass is 224 g/mol. The number of nitrogens with zero attached hydrogens (tertiary/aromatic N) is 2. The highest BCUT2D eigenvalue weighted by molar-refractivity contribution is 5.81. The molecule has 2 rings (SSSR count). The summed E-state index contributed by atoms with van der Waals surface area (Å²) in [4.78, 5) is 6.30. The number of nitrogens with two attached hydrogens (primary N) is 2. The van der Waals surface area contributed by atoms with Crippen molar-refractivity contribution < 1.29 is 0 Å². The van der Waals surface area contributed by atoms with E-state index in [1.54, 1.807) is 0 Å². The first-order chi connectivity index (χ1) is 7.34. The topological polar surface area (TPSA) is 91.7 Å². The predicted molar refractivity (Wildman–Crippen MR) is 64.5 cm³/mol. The molecule has 2 aliphatic heterocycles. The molecule has 0 aromatic carbocycles. The van der Waals surface area contributed by atoms with E-state index in [9.17, 15) is 0 Å². The molecule has 1 unspecified atom stereocenters. The van der Waals surface area contributed by atoms with Crippen LogP contribution in [0, 0.1) is 0 Å². The first-order valence-electron chi connectivity index (χ1n) is 5.42. The van der Waals surface area contributed by atoms with Crippen LogP contribution in [0.5, 0.6) is 0 Å². The maximum atomic E-state index is 5.95. The molecule has 0 aromatic rings. The van der Waals surface area contributed by atoms with Crippen LogP contribution < -0.4 is 22.1 Å². The van der Waals surface area contributed by atoms with Crippen LogP contribution in [0.1, 0.15) is 13.8 Å². The molecule has 0 radical (unpaired) electrons. The molecule has 6 nitrogen and oxygen atoms in total. The highest BCUT2D eigenvalue weighted by atomic mass is 15.4. The van der Waals surface area contributed by atoms with E-state index in [1.807, 2.05) is 20.0 Å². The molecule has 0 saturated carbocycles. The summed E-state index contributed by atoms with van der Waals surface area (Å²) < 4.78 is 0. The van der Waals surface area contributed by atoms with Crippen LogP contribution in [0.2, 0.25) is 0 Å². The van der Waals surface area contributed by atoms with Crippen molar-refractivity contribution in [1.82, 2.24) is 15.5 Å². The van der Waals surface area contributed by atoms with Gasteiger partial charge in [-0.05, 0) is 27.0 Å². The van der Waals surface area contributed by atoms with Gasteiger partial charge < -0.3 is 27.0 Å². The lowest BCUT2D eigenvalue weighted by atomic mass is 9.92. The second-order valence-electron chi connectivity index (χ2n) is 5.04. The fourth-order valence-corrected chi connectivity index (χ4v) is 2.06. The molecular formula is C10H20N6.